The zero-order valence-corrected chi connectivity index (χ0v) is 10.1. The van der Waals surface area contributed by atoms with Gasteiger partial charge in [-0.25, -0.2) is 0 Å². The summed E-state index contributed by atoms with van der Waals surface area (Å²) in [5, 5.41) is 4.71. The summed E-state index contributed by atoms with van der Waals surface area (Å²) in [6, 6.07) is 0.834. The highest BCUT2D eigenvalue weighted by atomic mass is 32.2. The summed E-state index contributed by atoms with van der Waals surface area (Å²) >= 11 is 2.16. The van der Waals surface area contributed by atoms with Gasteiger partial charge >= 0.3 is 0 Å². The average molecular weight is 213 g/mol. The Labute approximate surface area is 92.4 Å². The van der Waals surface area contributed by atoms with Crippen molar-refractivity contribution in [2.75, 3.05) is 12.3 Å². The van der Waals surface area contributed by atoms with Gasteiger partial charge in [0.15, 0.2) is 0 Å². The van der Waals surface area contributed by atoms with Crippen LogP contribution >= 0.6 is 11.8 Å². The van der Waals surface area contributed by atoms with Crippen LogP contribution in [0.3, 0.4) is 0 Å². The molecule has 0 saturated heterocycles. The molecule has 2 unspecified atom stereocenters. The third-order valence-corrected chi connectivity index (χ3v) is 5.05. The van der Waals surface area contributed by atoms with Crippen LogP contribution in [-0.2, 0) is 0 Å². The monoisotopic (exact) mass is 213 g/mol. The molecule has 2 aliphatic carbocycles. The van der Waals surface area contributed by atoms with Crippen LogP contribution in [0.15, 0.2) is 0 Å². The van der Waals surface area contributed by atoms with E-state index in [0.717, 1.165) is 17.2 Å². The van der Waals surface area contributed by atoms with E-state index in [1.54, 1.807) is 0 Å². The van der Waals surface area contributed by atoms with Crippen molar-refractivity contribution < 1.29 is 0 Å². The summed E-state index contributed by atoms with van der Waals surface area (Å²) in [5.41, 5.74) is 0. The number of nitrogens with one attached hydrogen (secondary N) is 1. The molecule has 0 aromatic rings. The standard InChI is InChI=1S/C12H23NS/c1-2-14-12-8-4-7-11(12)13-9-10-5-3-6-10/h10-13H,2-9H2,1H3. The van der Waals surface area contributed by atoms with Gasteiger partial charge in [-0.1, -0.05) is 19.8 Å². The highest BCUT2D eigenvalue weighted by Crippen LogP contribution is 2.31. The van der Waals surface area contributed by atoms with E-state index in [1.807, 2.05) is 0 Å². The number of rotatable bonds is 5. The summed E-state index contributed by atoms with van der Waals surface area (Å²) in [6.45, 7) is 3.58. The van der Waals surface area contributed by atoms with Crippen molar-refractivity contribution in [3.8, 4) is 0 Å². The fourth-order valence-corrected chi connectivity index (χ4v) is 3.81. The van der Waals surface area contributed by atoms with Crippen molar-refractivity contribution in [1.82, 2.24) is 5.32 Å². The molecule has 14 heavy (non-hydrogen) atoms. The summed E-state index contributed by atoms with van der Waals surface area (Å²) < 4.78 is 0. The molecule has 1 N–H and O–H groups in total. The van der Waals surface area contributed by atoms with Crippen molar-refractivity contribution in [3.63, 3.8) is 0 Å². The minimum Gasteiger partial charge on any atom is -0.313 e. The Morgan fingerprint density at radius 1 is 1.14 bits per heavy atom. The molecule has 82 valence electrons. The van der Waals surface area contributed by atoms with Crippen LogP contribution < -0.4 is 5.32 Å². The summed E-state index contributed by atoms with van der Waals surface area (Å²) in [7, 11) is 0. The lowest BCUT2D eigenvalue weighted by molar-refractivity contribution is 0.290. The predicted octanol–water partition coefficient (Wildman–Crippen LogP) is 3.05. The minimum atomic E-state index is 0.834. The molecule has 2 rings (SSSR count). The van der Waals surface area contributed by atoms with E-state index in [2.05, 4.69) is 24.0 Å². The molecule has 0 heterocycles. The lowest BCUT2D eigenvalue weighted by atomic mass is 9.85. The van der Waals surface area contributed by atoms with Crippen molar-refractivity contribution in [3.05, 3.63) is 0 Å². The Bertz CT molecular complexity index is 168. The molecule has 0 aliphatic heterocycles. The maximum Gasteiger partial charge on any atom is 0.0201 e. The van der Waals surface area contributed by atoms with Crippen LogP contribution in [0.5, 0.6) is 0 Å². The van der Waals surface area contributed by atoms with Gasteiger partial charge in [-0.05, 0) is 43.9 Å². The van der Waals surface area contributed by atoms with Crippen molar-refractivity contribution in [2.45, 2.75) is 56.7 Å². The molecule has 1 nitrogen and oxygen atoms in total. The van der Waals surface area contributed by atoms with E-state index in [-0.39, 0.29) is 0 Å². The smallest absolute Gasteiger partial charge is 0.0201 e. The van der Waals surface area contributed by atoms with Gasteiger partial charge in [-0.15, -0.1) is 0 Å². The van der Waals surface area contributed by atoms with Gasteiger partial charge in [0.25, 0.3) is 0 Å². The molecule has 0 bridgehead atoms. The van der Waals surface area contributed by atoms with Gasteiger partial charge in [0.2, 0.25) is 0 Å². The van der Waals surface area contributed by atoms with Crippen LogP contribution in [0.2, 0.25) is 0 Å². The van der Waals surface area contributed by atoms with E-state index in [1.165, 1.54) is 50.8 Å². The minimum absolute atomic E-state index is 0.834. The van der Waals surface area contributed by atoms with E-state index in [4.69, 9.17) is 0 Å². The second-order valence-electron chi connectivity index (χ2n) is 4.74. The number of hydrogen-bond donors (Lipinski definition) is 1. The van der Waals surface area contributed by atoms with E-state index in [9.17, 15) is 0 Å². The zero-order valence-electron chi connectivity index (χ0n) is 9.30. The van der Waals surface area contributed by atoms with Crippen molar-refractivity contribution >= 4 is 11.8 Å². The van der Waals surface area contributed by atoms with Crippen LogP contribution in [0.25, 0.3) is 0 Å². The number of thioether (sulfide) groups is 1. The van der Waals surface area contributed by atoms with Gasteiger partial charge in [0.1, 0.15) is 0 Å². The van der Waals surface area contributed by atoms with E-state index >= 15 is 0 Å². The fourth-order valence-electron chi connectivity index (χ4n) is 2.59. The normalized spacial score (nSPS) is 33.2. The molecule has 0 aromatic heterocycles. The SMILES string of the molecule is CCSC1CCCC1NCC1CCC1. The Hall–Kier alpha value is 0.310. The second kappa shape index (κ2) is 5.41. The Morgan fingerprint density at radius 2 is 1.93 bits per heavy atom. The fraction of sp³-hybridized carbons (Fsp3) is 1.00. The molecule has 2 fully saturated rings. The quantitative estimate of drug-likeness (QED) is 0.753. The average Bonchev–Trinajstić information content (AvgIpc) is 2.51. The van der Waals surface area contributed by atoms with Gasteiger partial charge in [0, 0.05) is 11.3 Å². The first-order valence-electron chi connectivity index (χ1n) is 6.25. The summed E-state index contributed by atoms with van der Waals surface area (Å²) in [4.78, 5) is 0. The zero-order chi connectivity index (χ0) is 9.80. The molecule has 0 spiro atoms. The van der Waals surface area contributed by atoms with E-state index in [0.29, 0.717) is 0 Å². The largest absolute Gasteiger partial charge is 0.313 e. The highest BCUT2D eigenvalue weighted by Gasteiger charge is 2.28. The van der Waals surface area contributed by atoms with Crippen LogP contribution in [-0.4, -0.2) is 23.6 Å². The molecular weight excluding hydrogens is 190 g/mol. The van der Waals surface area contributed by atoms with Gasteiger partial charge in [0.05, 0.1) is 0 Å². The first kappa shape index (κ1) is 10.8. The van der Waals surface area contributed by atoms with Crippen LogP contribution in [0.4, 0.5) is 0 Å². The van der Waals surface area contributed by atoms with E-state index < -0.39 is 0 Å². The third kappa shape index (κ3) is 2.66. The number of hydrogen-bond acceptors (Lipinski definition) is 2. The first-order valence-corrected chi connectivity index (χ1v) is 7.30. The first-order chi connectivity index (χ1) is 6.90. The molecule has 2 atom stereocenters. The van der Waals surface area contributed by atoms with Crippen molar-refractivity contribution in [2.24, 2.45) is 5.92 Å². The maximum absolute atomic E-state index is 3.80. The van der Waals surface area contributed by atoms with Crippen LogP contribution in [0, 0.1) is 5.92 Å². The molecule has 0 aromatic carbocycles. The highest BCUT2D eigenvalue weighted by molar-refractivity contribution is 7.99. The third-order valence-electron chi connectivity index (χ3n) is 3.73. The lowest BCUT2D eigenvalue weighted by Gasteiger charge is -2.29. The molecule has 2 aliphatic rings. The summed E-state index contributed by atoms with van der Waals surface area (Å²) in [6.07, 6.45) is 8.74. The molecule has 2 heteroatoms. The van der Waals surface area contributed by atoms with Crippen LogP contribution in [0.1, 0.15) is 45.4 Å². The maximum atomic E-state index is 3.80. The molecular formula is C12H23NS. The Morgan fingerprint density at radius 3 is 2.57 bits per heavy atom. The predicted molar refractivity (Wildman–Crippen MR) is 64.9 cm³/mol. The van der Waals surface area contributed by atoms with Gasteiger partial charge in [-0.3, -0.25) is 0 Å². The lowest BCUT2D eigenvalue weighted by Crippen LogP contribution is -2.38. The Kier molecular flexibility index (Phi) is 4.18. The van der Waals surface area contributed by atoms with Crippen molar-refractivity contribution in [1.29, 1.82) is 0 Å². The van der Waals surface area contributed by atoms with Gasteiger partial charge < -0.3 is 5.32 Å². The molecule has 0 radical (unpaired) electrons. The topological polar surface area (TPSA) is 12.0 Å². The Balaban J connectivity index is 1.67. The second-order valence-corrected chi connectivity index (χ2v) is 6.25. The molecule has 2 saturated carbocycles. The summed E-state index contributed by atoms with van der Waals surface area (Å²) in [5.74, 6) is 2.30. The molecule has 0 amide bonds. The van der Waals surface area contributed by atoms with Gasteiger partial charge in [-0.2, -0.15) is 11.8 Å².